The van der Waals surface area contributed by atoms with Gasteiger partial charge in [-0.05, 0) is 0 Å². The molecule has 0 rings (SSSR count). The van der Waals surface area contributed by atoms with Crippen LogP contribution in [0.5, 0.6) is 0 Å². The number of halogens is 6. The molecule has 0 nitrogen and oxygen atoms in total. The number of hydrogen-bond donors (Lipinski definition) is 0. The molecule has 0 unspecified atom stereocenters. The molecule has 0 saturated heterocycles. The fraction of sp³-hybridized carbons (Fsp3) is 0.778. The molecule has 96 valence electrons. The highest BCUT2D eigenvalue weighted by Gasteiger charge is 2.48. The van der Waals surface area contributed by atoms with E-state index in [0.29, 0.717) is 6.42 Å². The number of alkyl halides is 6. The minimum absolute atomic E-state index is 0.0322. The van der Waals surface area contributed by atoms with Crippen LogP contribution in [0.3, 0.4) is 0 Å². The summed E-state index contributed by atoms with van der Waals surface area (Å²) in [6.07, 6.45) is -8.80. The van der Waals surface area contributed by atoms with Crippen molar-refractivity contribution in [1.82, 2.24) is 0 Å². The summed E-state index contributed by atoms with van der Waals surface area (Å²) in [5, 5.41) is 0. The first kappa shape index (κ1) is 15.5. The van der Waals surface area contributed by atoms with Gasteiger partial charge >= 0.3 is 12.4 Å². The summed E-state index contributed by atoms with van der Waals surface area (Å²) < 4.78 is 73.5. The Kier molecular flexibility index (Phi) is 5.09. The third kappa shape index (κ3) is 6.19. The molecular weight excluding hydrogens is 250 g/mol. The average molecular weight is 264 g/mol. The molecule has 0 radical (unpaired) electrons. The van der Waals surface area contributed by atoms with Crippen molar-refractivity contribution < 1.29 is 26.3 Å². The average Bonchev–Trinajstić information content (AvgIpc) is 1.98. The SMILES string of the molecule is C=C[Si](CCC)(CC(F)(F)F)CC(F)(F)F. The van der Waals surface area contributed by atoms with Crippen LogP contribution in [-0.4, -0.2) is 20.4 Å². The lowest BCUT2D eigenvalue weighted by Gasteiger charge is -2.29. The minimum atomic E-state index is -4.55. The van der Waals surface area contributed by atoms with E-state index in [1.807, 2.05) is 0 Å². The maximum atomic E-state index is 12.3. The van der Waals surface area contributed by atoms with Crippen LogP contribution >= 0.6 is 0 Å². The Labute approximate surface area is 91.3 Å². The maximum Gasteiger partial charge on any atom is 0.387 e. The van der Waals surface area contributed by atoms with Crippen molar-refractivity contribution in [2.75, 3.05) is 0 Å². The molecule has 0 N–H and O–H groups in total. The molecule has 0 heterocycles. The van der Waals surface area contributed by atoms with E-state index in [2.05, 4.69) is 6.58 Å². The van der Waals surface area contributed by atoms with Gasteiger partial charge in [-0.1, -0.05) is 19.4 Å². The molecule has 0 aromatic heterocycles. The van der Waals surface area contributed by atoms with Gasteiger partial charge in [-0.3, -0.25) is 0 Å². The zero-order valence-corrected chi connectivity index (χ0v) is 9.88. The van der Waals surface area contributed by atoms with E-state index in [9.17, 15) is 26.3 Å². The van der Waals surface area contributed by atoms with Gasteiger partial charge in [-0.2, -0.15) is 26.3 Å². The highest BCUT2D eigenvalue weighted by molar-refractivity contribution is 6.84. The van der Waals surface area contributed by atoms with Crippen LogP contribution in [0.15, 0.2) is 12.3 Å². The fourth-order valence-corrected chi connectivity index (χ4v) is 5.35. The van der Waals surface area contributed by atoms with Crippen molar-refractivity contribution >= 4 is 8.07 Å². The summed E-state index contributed by atoms with van der Waals surface area (Å²) in [4.78, 5) is 0. The van der Waals surface area contributed by atoms with Crippen LogP contribution < -0.4 is 0 Å². The normalized spacial score (nSPS) is 13.9. The van der Waals surface area contributed by atoms with Gasteiger partial charge in [0.25, 0.3) is 0 Å². The lowest BCUT2D eigenvalue weighted by molar-refractivity contribution is -0.118. The Bertz CT molecular complexity index is 213. The molecule has 0 saturated carbocycles. The van der Waals surface area contributed by atoms with Crippen molar-refractivity contribution in [3.63, 3.8) is 0 Å². The van der Waals surface area contributed by atoms with E-state index < -0.39 is 32.5 Å². The predicted octanol–water partition coefficient (Wildman–Crippen LogP) is 4.70. The van der Waals surface area contributed by atoms with Gasteiger partial charge < -0.3 is 0 Å². The molecule has 0 spiro atoms. The Balaban J connectivity index is 4.92. The highest BCUT2D eigenvalue weighted by atomic mass is 28.3. The standard InChI is InChI=1S/C9H14F6Si/c1-3-5-16(4-2,6-8(10,11)12)7-9(13,14)15/h4H,2-3,5-7H2,1H3. The largest absolute Gasteiger partial charge is 0.387 e. The van der Waals surface area contributed by atoms with Gasteiger partial charge in [0.1, 0.15) is 0 Å². The van der Waals surface area contributed by atoms with Crippen LogP contribution in [0.4, 0.5) is 26.3 Å². The lowest BCUT2D eigenvalue weighted by atomic mass is 10.6. The van der Waals surface area contributed by atoms with E-state index in [0.717, 1.165) is 5.70 Å². The molecule has 7 heteroatoms. The molecular formula is C9H14F6Si. The molecule has 0 bridgehead atoms. The van der Waals surface area contributed by atoms with Crippen LogP contribution in [-0.2, 0) is 0 Å². The quantitative estimate of drug-likeness (QED) is 0.499. The number of rotatable bonds is 5. The van der Waals surface area contributed by atoms with E-state index >= 15 is 0 Å². The Morgan fingerprint density at radius 2 is 1.38 bits per heavy atom. The fourth-order valence-electron chi connectivity index (χ4n) is 1.78. The summed E-state index contributed by atoms with van der Waals surface area (Å²) >= 11 is 0. The molecule has 0 aliphatic heterocycles. The first-order valence-electron chi connectivity index (χ1n) is 4.81. The van der Waals surface area contributed by atoms with Gasteiger partial charge in [0.05, 0.1) is 8.07 Å². The van der Waals surface area contributed by atoms with Crippen molar-refractivity contribution in [1.29, 1.82) is 0 Å². The van der Waals surface area contributed by atoms with Gasteiger partial charge in [-0.15, -0.1) is 12.3 Å². The van der Waals surface area contributed by atoms with Gasteiger partial charge in [0.2, 0.25) is 0 Å². The monoisotopic (exact) mass is 264 g/mol. The van der Waals surface area contributed by atoms with Gasteiger partial charge in [0.15, 0.2) is 0 Å². The van der Waals surface area contributed by atoms with Crippen LogP contribution in [0.25, 0.3) is 0 Å². The topological polar surface area (TPSA) is 0 Å². The number of hydrogen-bond acceptors (Lipinski definition) is 0. The molecule has 16 heavy (non-hydrogen) atoms. The van der Waals surface area contributed by atoms with Crippen LogP contribution in [0.1, 0.15) is 13.3 Å². The summed E-state index contributed by atoms with van der Waals surface area (Å²) in [5.41, 5.74) is 0.928. The smallest absolute Gasteiger partial charge is 0.172 e. The van der Waals surface area contributed by atoms with E-state index in [-0.39, 0.29) is 6.04 Å². The highest BCUT2D eigenvalue weighted by Crippen LogP contribution is 2.39. The minimum Gasteiger partial charge on any atom is -0.172 e. The molecule has 0 fully saturated rings. The summed E-state index contributed by atoms with van der Waals surface area (Å²) in [6, 6.07) is -2.71. The van der Waals surface area contributed by atoms with E-state index in [1.54, 1.807) is 6.92 Å². The van der Waals surface area contributed by atoms with E-state index in [4.69, 9.17) is 0 Å². The van der Waals surface area contributed by atoms with Gasteiger partial charge in [0, 0.05) is 12.1 Å². The first-order chi connectivity index (χ1) is 7.04. The summed E-state index contributed by atoms with van der Waals surface area (Å²) in [5.74, 6) is 0. The molecule has 0 atom stereocenters. The third-order valence-electron chi connectivity index (χ3n) is 2.29. The Hall–Kier alpha value is -0.463. The Morgan fingerprint density at radius 1 is 1.00 bits per heavy atom. The zero-order chi connectivity index (χ0) is 13.0. The summed E-state index contributed by atoms with van der Waals surface area (Å²) in [7, 11) is -3.53. The van der Waals surface area contributed by atoms with Crippen molar-refractivity contribution in [3.8, 4) is 0 Å². The molecule has 0 aliphatic rings. The van der Waals surface area contributed by atoms with Crippen molar-refractivity contribution in [2.24, 2.45) is 0 Å². The molecule has 0 aromatic carbocycles. The third-order valence-corrected chi connectivity index (χ3v) is 6.86. The second kappa shape index (κ2) is 5.24. The molecule has 0 aliphatic carbocycles. The van der Waals surface area contributed by atoms with Crippen LogP contribution in [0, 0.1) is 0 Å². The predicted molar refractivity (Wildman–Crippen MR) is 52.8 cm³/mol. The summed E-state index contributed by atoms with van der Waals surface area (Å²) in [6.45, 7) is 4.76. The lowest BCUT2D eigenvalue weighted by Crippen LogP contribution is -2.41. The van der Waals surface area contributed by atoms with Crippen LogP contribution in [0.2, 0.25) is 18.1 Å². The maximum absolute atomic E-state index is 12.3. The second-order valence-corrected chi connectivity index (χ2v) is 8.24. The zero-order valence-electron chi connectivity index (χ0n) is 8.88. The van der Waals surface area contributed by atoms with E-state index in [1.165, 1.54) is 0 Å². The molecule has 0 aromatic rings. The van der Waals surface area contributed by atoms with Crippen molar-refractivity contribution in [2.45, 2.75) is 43.8 Å². The first-order valence-corrected chi connectivity index (χ1v) is 7.50. The van der Waals surface area contributed by atoms with Gasteiger partial charge in [-0.25, -0.2) is 0 Å². The second-order valence-electron chi connectivity index (χ2n) is 3.90. The Morgan fingerprint density at radius 3 is 1.56 bits per heavy atom. The van der Waals surface area contributed by atoms with Crippen molar-refractivity contribution in [3.05, 3.63) is 12.3 Å². The molecule has 0 amide bonds.